The number of nitro groups is 1. The largest absolute Gasteiger partial charge is 0.495 e. The predicted octanol–water partition coefficient (Wildman–Crippen LogP) is 5.95. The van der Waals surface area contributed by atoms with Crippen molar-refractivity contribution in [1.82, 2.24) is 0 Å². The van der Waals surface area contributed by atoms with E-state index < -0.39 is 10.8 Å². The maximum Gasteiger partial charge on any atom is 0.270 e. The van der Waals surface area contributed by atoms with Gasteiger partial charge in [-0.2, -0.15) is 0 Å². The lowest BCUT2D eigenvalue weighted by molar-refractivity contribution is -0.384. The van der Waals surface area contributed by atoms with Crippen LogP contribution in [0.15, 0.2) is 42.5 Å². The minimum absolute atomic E-state index is 0.0355. The summed E-state index contributed by atoms with van der Waals surface area (Å²) in [5.74, 6) is -0.00254. The summed E-state index contributed by atoms with van der Waals surface area (Å²) >= 11 is 7.50. The first-order chi connectivity index (χ1) is 16.3. The Hall–Kier alpha value is -3.43. The van der Waals surface area contributed by atoms with Crippen LogP contribution in [0.4, 0.5) is 16.4 Å². The minimum atomic E-state index is -0.619. The summed E-state index contributed by atoms with van der Waals surface area (Å²) in [6.07, 6.45) is 2.46. The van der Waals surface area contributed by atoms with E-state index in [1.165, 1.54) is 30.6 Å². The van der Waals surface area contributed by atoms with Crippen molar-refractivity contribution in [2.24, 2.45) is 5.92 Å². The zero-order chi connectivity index (χ0) is 24.4. The third-order valence-corrected chi connectivity index (χ3v) is 7.23. The number of benzene rings is 2. The van der Waals surface area contributed by atoms with E-state index in [4.69, 9.17) is 16.3 Å². The molecule has 10 heteroatoms. The zero-order valence-corrected chi connectivity index (χ0v) is 20.1. The number of thiophene rings is 1. The molecule has 1 atom stereocenters. The Labute approximate surface area is 205 Å². The Kier molecular flexibility index (Phi) is 6.85. The van der Waals surface area contributed by atoms with Gasteiger partial charge in [0.25, 0.3) is 17.5 Å². The number of para-hydroxylation sites is 2. The molecule has 0 saturated carbocycles. The van der Waals surface area contributed by atoms with Crippen LogP contribution in [0.5, 0.6) is 5.75 Å². The number of non-ortho nitro benzene ring substituents is 1. The van der Waals surface area contributed by atoms with Crippen LogP contribution in [-0.4, -0.2) is 23.8 Å². The molecule has 4 rings (SSSR count). The highest BCUT2D eigenvalue weighted by atomic mass is 35.5. The van der Waals surface area contributed by atoms with E-state index >= 15 is 0 Å². The highest BCUT2D eigenvalue weighted by Crippen LogP contribution is 2.41. The second-order valence-corrected chi connectivity index (χ2v) is 9.60. The van der Waals surface area contributed by atoms with Crippen molar-refractivity contribution in [3.63, 3.8) is 0 Å². The van der Waals surface area contributed by atoms with Gasteiger partial charge in [0.15, 0.2) is 0 Å². The summed E-state index contributed by atoms with van der Waals surface area (Å²) < 4.78 is 5.34. The summed E-state index contributed by atoms with van der Waals surface area (Å²) in [7, 11) is 1.52. The molecule has 0 saturated heterocycles. The maximum atomic E-state index is 13.4. The summed E-state index contributed by atoms with van der Waals surface area (Å²) in [4.78, 5) is 38.1. The molecule has 0 bridgehead atoms. The lowest BCUT2D eigenvalue weighted by Crippen LogP contribution is -2.20. The molecular weight excluding hydrogens is 478 g/mol. The van der Waals surface area contributed by atoms with E-state index in [1.807, 2.05) is 0 Å². The lowest BCUT2D eigenvalue weighted by atomic mass is 9.88. The number of carbonyl (C=O) groups is 2. The average Bonchev–Trinajstić information content (AvgIpc) is 3.16. The van der Waals surface area contributed by atoms with Crippen molar-refractivity contribution >= 4 is 51.1 Å². The highest BCUT2D eigenvalue weighted by molar-refractivity contribution is 7.17. The van der Waals surface area contributed by atoms with Crippen molar-refractivity contribution in [2.75, 3.05) is 17.7 Å². The fourth-order valence-electron chi connectivity index (χ4n) is 3.98. The van der Waals surface area contributed by atoms with Crippen LogP contribution in [0, 0.1) is 16.0 Å². The molecule has 1 aliphatic carbocycles. The number of methoxy groups -OCH3 is 1. The summed E-state index contributed by atoms with van der Waals surface area (Å²) in [6.45, 7) is 2.15. The van der Waals surface area contributed by atoms with E-state index in [2.05, 4.69) is 17.6 Å². The van der Waals surface area contributed by atoms with E-state index in [9.17, 15) is 19.7 Å². The number of nitrogens with zero attached hydrogens (tertiary/aromatic N) is 1. The first-order valence-electron chi connectivity index (χ1n) is 10.6. The number of fused-ring (bicyclic) bond motifs is 1. The molecule has 2 N–H and O–H groups in total. The Bertz CT molecular complexity index is 1290. The number of rotatable bonds is 6. The van der Waals surface area contributed by atoms with Gasteiger partial charge in [-0.25, -0.2) is 0 Å². The lowest BCUT2D eigenvalue weighted by Gasteiger charge is -2.19. The number of amides is 2. The van der Waals surface area contributed by atoms with Crippen molar-refractivity contribution < 1.29 is 19.2 Å². The van der Waals surface area contributed by atoms with Gasteiger partial charge >= 0.3 is 0 Å². The Balaban J connectivity index is 1.70. The minimum Gasteiger partial charge on any atom is -0.495 e. The van der Waals surface area contributed by atoms with Crippen LogP contribution < -0.4 is 15.4 Å². The van der Waals surface area contributed by atoms with Gasteiger partial charge in [0.1, 0.15) is 10.8 Å². The molecule has 0 aliphatic heterocycles. The van der Waals surface area contributed by atoms with Gasteiger partial charge in [-0.3, -0.25) is 19.7 Å². The number of hydrogen-bond acceptors (Lipinski definition) is 6. The fourth-order valence-corrected chi connectivity index (χ4v) is 5.59. The predicted molar refractivity (Wildman–Crippen MR) is 133 cm³/mol. The van der Waals surface area contributed by atoms with Crippen LogP contribution in [0.1, 0.15) is 44.5 Å². The standard InChI is InChI=1S/C24H22ClN3O5S/c1-13-7-9-15-20(11-13)34-24(21(15)23(30)26-18-5-3-4-6-19(18)33-2)27-22(29)16-12-14(28(31)32)8-10-17(16)25/h3-6,8,10,12-13H,7,9,11H2,1-2H3,(H,26,30)(H,27,29). The third-order valence-electron chi connectivity index (χ3n) is 5.73. The number of anilines is 2. The second kappa shape index (κ2) is 9.82. The molecule has 2 aromatic carbocycles. The number of carbonyl (C=O) groups excluding carboxylic acids is 2. The van der Waals surface area contributed by atoms with E-state index in [0.717, 1.165) is 35.8 Å². The molecule has 0 radical (unpaired) electrons. The van der Waals surface area contributed by atoms with Crippen LogP contribution in [0.25, 0.3) is 0 Å². The molecule has 1 unspecified atom stereocenters. The monoisotopic (exact) mass is 499 g/mol. The number of hydrogen-bond donors (Lipinski definition) is 2. The van der Waals surface area contributed by atoms with Gasteiger partial charge in [0.05, 0.1) is 33.9 Å². The SMILES string of the molecule is COc1ccccc1NC(=O)c1c(NC(=O)c2cc([N+](=O)[O-])ccc2Cl)sc2c1CCC(C)C2. The summed E-state index contributed by atoms with van der Waals surface area (Å²) in [5, 5.41) is 17.3. The molecule has 34 heavy (non-hydrogen) atoms. The first-order valence-corrected chi connectivity index (χ1v) is 11.8. The number of nitro benzene ring substituents is 1. The van der Waals surface area contributed by atoms with E-state index in [0.29, 0.717) is 27.9 Å². The molecule has 176 valence electrons. The summed E-state index contributed by atoms with van der Waals surface area (Å²) in [6, 6.07) is 10.7. The molecule has 3 aromatic rings. The number of ether oxygens (including phenoxy) is 1. The quantitative estimate of drug-likeness (QED) is 0.321. The molecular formula is C24H22ClN3O5S. The van der Waals surface area contributed by atoms with Crippen LogP contribution in [0.2, 0.25) is 5.02 Å². The second-order valence-electron chi connectivity index (χ2n) is 8.09. The van der Waals surface area contributed by atoms with Gasteiger partial charge in [-0.1, -0.05) is 30.7 Å². The van der Waals surface area contributed by atoms with Crippen LogP contribution in [-0.2, 0) is 12.8 Å². The first kappa shape index (κ1) is 23.7. The van der Waals surface area contributed by atoms with E-state index in [-0.39, 0.29) is 22.2 Å². The Morgan fingerprint density at radius 2 is 1.94 bits per heavy atom. The average molecular weight is 500 g/mol. The van der Waals surface area contributed by atoms with Crippen LogP contribution >= 0.6 is 22.9 Å². The van der Waals surface area contributed by atoms with Crippen molar-refractivity contribution in [1.29, 1.82) is 0 Å². The van der Waals surface area contributed by atoms with Gasteiger partial charge in [-0.15, -0.1) is 11.3 Å². The van der Waals surface area contributed by atoms with Gasteiger partial charge in [0, 0.05) is 17.0 Å². The molecule has 1 heterocycles. The Morgan fingerprint density at radius 3 is 2.68 bits per heavy atom. The zero-order valence-electron chi connectivity index (χ0n) is 18.5. The molecule has 1 aromatic heterocycles. The third kappa shape index (κ3) is 4.76. The molecule has 2 amide bonds. The molecule has 8 nitrogen and oxygen atoms in total. The topological polar surface area (TPSA) is 111 Å². The smallest absolute Gasteiger partial charge is 0.270 e. The number of nitrogens with one attached hydrogen (secondary N) is 2. The van der Waals surface area contributed by atoms with E-state index in [1.54, 1.807) is 24.3 Å². The van der Waals surface area contributed by atoms with Crippen molar-refractivity contribution in [3.8, 4) is 5.75 Å². The van der Waals surface area contributed by atoms with Gasteiger partial charge in [0.2, 0.25) is 0 Å². The molecule has 0 spiro atoms. The maximum absolute atomic E-state index is 13.4. The van der Waals surface area contributed by atoms with Crippen LogP contribution in [0.3, 0.4) is 0 Å². The molecule has 0 fully saturated rings. The van der Waals surface area contributed by atoms with Crippen molar-refractivity contribution in [2.45, 2.75) is 26.2 Å². The van der Waals surface area contributed by atoms with Crippen molar-refractivity contribution in [3.05, 3.63) is 79.2 Å². The summed E-state index contributed by atoms with van der Waals surface area (Å²) in [5.41, 5.74) is 1.54. The van der Waals surface area contributed by atoms with Gasteiger partial charge in [-0.05, 0) is 48.9 Å². The number of halogens is 1. The molecule has 1 aliphatic rings. The van der Waals surface area contributed by atoms with Gasteiger partial charge < -0.3 is 15.4 Å². The fraction of sp³-hybridized carbons (Fsp3) is 0.250. The highest BCUT2D eigenvalue weighted by Gasteiger charge is 2.29. The normalized spacial score (nSPS) is 14.7. The Morgan fingerprint density at radius 1 is 1.18 bits per heavy atom.